The number of carbonyl (C=O) groups excluding carboxylic acids is 3. The smallest absolute Gasteiger partial charge is 0.254 e. The molecule has 3 rings (SSSR count). The molecule has 0 aromatic heterocycles. The number of ether oxygens (including phenoxy) is 2. The number of benzene rings is 2. The van der Waals surface area contributed by atoms with Gasteiger partial charge in [-0.05, 0) is 36.8 Å². The first kappa shape index (κ1) is 20.2. The number of hydrogen-bond acceptors (Lipinski definition) is 5. The molecule has 2 aromatic rings. The van der Waals surface area contributed by atoms with Crippen LogP contribution in [0.4, 0.5) is 5.69 Å². The fourth-order valence-corrected chi connectivity index (χ4v) is 3.14. The van der Waals surface area contributed by atoms with Gasteiger partial charge < -0.3 is 25.0 Å². The first-order valence-corrected chi connectivity index (χ1v) is 9.13. The molecule has 8 nitrogen and oxygen atoms in total. The largest absolute Gasteiger partial charge is 0.493 e. The van der Waals surface area contributed by atoms with Crippen LogP contribution in [0.5, 0.6) is 11.5 Å². The standard InChI is InChI=1S/C21H23N3O5/c1-13-21(27)24(16-7-5-4-6-15(16)20(26)23-13)12-19(25)22-11-14-8-9-17(28-2)18(10-14)29-3/h4-10,13H,11-12H2,1-3H3,(H,22,25)(H,23,26). The summed E-state index contributed by atoms with van der Waals surface area (Å²) in [5.41, 5.74) is 1.60. The van der Waals surface area contributed by atoms with E-state index in [2.05, 4.69) is 10.6 Å². The SMILES string of the molecule is COc1ccc(CNC(=O)CN2C(=O)C(C)NC(=O)c3ccccc32)cc1OC. The van der Waals surface area contributed by atoms with Crippen molar-refractivity contribution in [2.24, 2.45) is 0 Å². The minimum atomic E-state index is -0.728. The van der Waals surface area contributed by atoms with Gasteiger partial charge in [0.1, 0.15) is 12.6 Å². The van der Waals surface area contributed by atoms with Crippen LogP contribution in [0.3, 0.4) is 0 Å². The second kappa shape index (κ2) is 8.64. The summed E-state index contributed by atoms with van der Waals surface area (Å²) < 4.78 is 10.5. The number of hydrogen-bond donors (Lipinski definition) is 2. The Kier molecular flexibility index (Phi) is 6.01. The topological polar surface area (TPSA) is 97.0 Å². The highest BCUT2D eigenvalue weighted by atomic mass is 16.5. The van der Waals surface area contributed by atoms with E-state index in [0.717, 1.165) is 5.56 Å². The highest BCUT2D eigenvalue weighted by molar-refractivity contribution is 6.12. The van der Waals surface area contributed by atoms with Gasteiger partial charge in [0.05, 0.1) is 25.5 Å². The minimum absolute atomic E-state index is 0.192. The summed E-state index contributed by atoms with van der Waals surface area (Å²) in [5.74, 6) is 0.138. The number of carbonyl (C=O) groups is 3. The lowest BCUT2D eigenvalue weighted by molar-refractivity contribution is -0.124. The Balaban J connectivity index is 1.73. The number of nitrogens with zero attached hydrogens (tertiary/aromatic N) is 1. The van der Waals surface area contributed by atoms with E-state index in [0.29, 0.717) is 22.7 Å². The number of anilines is 1. The number of para-hydroxylation sites is 1. The molecule has 1 unspecified atom stereocenters. The van der Waals surface area contributed by atoms with Crippen molar-refractivity contribution < 1.29 is 23.9 Å². The van der Waals surface area contributed by atoms with E-state index >= 15 is 0 Å². The first-order chi connectivity index (χ1) is 13.9. The first-order valence-electron chi connectivity index (χ1n) is 9.13. The van der Waals surface area contributed by atoms with Gasteiger partial charge in [-0.15, -0.1) is 0 Å². The Hall–Kier alpha value is -3.55. The van der Waals surface area contributed by atoms with Crippen molar-refractivity contribution in [2.75, 3.05) is 25.7 Å². The average molecular weight is 397 g/mol. The van der Waals surface area contributed by atoms with Crippen molar-refractivity contribution in [3.63, 3.8) is 0 Å². The summed E-state index contributed by atoms with van der Waals surface area (Å²) in [6.07, 6.45) is 0. The van der Waals surface area contributed by atoms with Gasteiger partial charge in [-0.3, -0.25) is 14.4 Å². The summed E-state index contributed by atoms with van der Waals surface area (Å²) in [7, 11) is 3.09. The van der Waals surface area contributed by atoms with Crippen molar-refractivity contribution in [3.05, 3.63) is 53.6 Å². The zero-order valence-corrected chi connectivity index (χ0v) is 16.5. The van der Waals surface area contributed by atoms with Crippen molar-refractivity contribution in [1.29, 1.82) is 0 Å². The molecule has 3 amide bonds. The summed E-state index contributed by atoms with van der Waals surface area (Å²) in [6, 6.07) is 11.4. The molecule has 1 atom stereocenters. The molecule has 0 fully saturated rings. The molecular weight excluding hydrogens is 374 g/mol. The highest BCUT2D eigenvalue weighted by Crippen LogP contribution is 2.27. The Morgan fingerprint density at radius 1 is 1.10 bits per heavy atom. The van der Waals surface area contributed by atoms with Gasteiger partial charge in [0.25, 0.3) is 5.91 Å². The van der Waals surface area contributed by atoms with Gasteiger partial charge in [-0.2, -0.15) is 0 Å². The fraction of sp³-hybridized carbons (Fsp3) is 0.286. The van der Waals surface area contributed by atoms with E-state index < -0.39 is 6.04 Å². The van der Waals surface area contributed by atoms with Crippen molar-refractivity contribution in [2.45, 2.75) is 19.5 Å². The second-order valence-electron chi connectivity index (χ2n) is 6.60. The highest BCUT2D eigenvalue weighted by Gasteiger charge is 2.32. The molecule has 2 aromatic carbocycles. The zero-order valence-electron chi connectivity index (χ0n) is 16.5. The molecule has 0 spiro atoms. The predicted octanol–water partition coefficient (Wildman–Crippen LogP) is 1.49. The van der Waals surface area contributed by atoms with Crippen LogP contribution in [0.1, 0.15) is 22.8 Å². The predicted molar refractivity (Wildman–Crippen MR) is 107 cm³/mol. The Labute approximate surface area is 168 Å². The normalized spacial score (nSPS) is 15.8. The van der Waals surface area contributed by atoms with E-state index in [1.54, 1.807) is 57.5 Å². The monoisotopic (exact) mass is 397 g/mol. The maximum Gasteiger partial charge on any atom is 0.254 e. The summed E-state index contributed by atoms with van der Waals surface area (Å²) >= 11 is 0. The number of methoxy groups -OCH3 is 2. The molecule has 0 bridgehead atoms. The molecule has 2 N–H and O–H groups in total. The molecule has 152 valence electrons. The van der Waals surface area contributed by atoms with Crippen LogP contribution in [-0.2, 0) is 16.1 Å². The third-order valence-corrected chi connectivity index (χ3v) is 4.66. The molecule has 0 saturated carbocycles. The van der Waals surface area contributed by atoms with Crippen molar-refractivity contribution in [1.82, 2.24) is 10.6 Å². The Morgan fingerprint density at radius 2 is 1.83 bits per heavy atom. The van der Waals surface area contributed by atoms with Crippen LogP contribution >= 0.6 is 0 Å². The van der Waals surface area contributed by atoms with Gasteiger partial charge >= 0.3 is 0 Å². The summed E-state index contributed by atoms with van der Waals surface area (Å²) in [4.78, 5) is 38.9. The van der Waals surface area contributed by atoms with E-state index in [1.165, 1.54) is 4.90 Å². The van der Waals surface area contributed by atoms with Crippen LogP contribution < -0.4 is 25.0 Å². The van der Waals surface area contributed by atoms with Crippen LogP contribution in [0.15, 0.2) is 42.5 Å². The molecule has 8 heteroatoms. The van der Waals surface area contributed by atoms with Crippen molar-refractivity contribution in [3.8, 4) is 11.5 Å². The van der Waals surface area contributed by atoms with Crippen LogP contribution in [0, 0.1) is 0 Å². The number of rotatable bonds is 6. The van der Waals surface area contributed by atoms with E-state index in [9.17, 15) is 14.4 Å². The molecule has 1 heterocycles. The molecular formula is C21H23N3O5. The van der Waals surface area contributed by atoms with Gasteiger partial charge in [0, 0.05) is 6.54 Å². The Bertz CT molecular complexity index is 944. The maximum absolute atomic E-state index is 12.7. The number of nitrogens with one attached hydrogen (secondary N) is 2. The lowest BCUT2D eigenvalue weighted by Gasteiger charge is -2.23. The quantitative estimate of drug-likeness (QED) is 0.770. The lowest BCUT2D eigenvalue weighted by Crippen LogP contribution is -2.47. The third-order valence-electron chi connectivity index (χ3n) is 4.66. The average Bonchev–Trinajstić information content (AvgIpc) is 2.82. The minimum Gasteiger partial charge on any atom is -0.493 e. The molecule has 0 radical (unpaired) electrons. The third kappa shape index (κ3) is 4.31. The number of fused-ring (bicyclic) bond motifs is 1. The van der Waals surface area contributed by atoms with E-state index in [4.69, 9.17) is 9.47 Å². The van der Waals surface area contributed by atoms with E-state index in [-0.39, 0.29) is 30.8 Å². The van der Waals surface area contributed by atoms with Gasteiger partial charge in [-0.1, -0.05) is 18.2 Å². The second-order valence-corrected chi connectivity index (χ2v) is 6.60. The van der Waals surface area contributed by atoms with Gasteiger partial charge in [0.15, 0.2) is 11.5 Å². The molecule has 29 heavy (non-hydrogen) atoms. The lowest BCUT2D eigenvalue weighted by atomic mass is 10.1. The van der Waals surface area contributed by atoms with E-state index in [1.807, 2.05) is 6.07 Å². The van der Waals surface area contributed by atoms with Crippen LogP contribution in [-0.4, -0.2) is 44.5 Å². The summed E-state index contributed by atoms with van der Waals surface area (Å²) in [5, 5.41) is 5.44. The zero-order chi connectivity index (χ0) is 21.0. The molecule has 1 aliphatic rings. The van der Waals surface area contributed by atoms with Crippen LogP contribution in [0.25, 0.3) is 0 Å². The molecule has 0 saturated heterocycles. The Morgan fingerprint density at radius 3 is 2.55 bits per heavy atom. The summed E-state index contributed by atoms with van der Waals surface area (Å²) in [6.45, 7) is 1.67. The molecule has 0 aliphatic carbocycles. The maximum atomic E-state index is 12.7. The molecule has 1 aliphatic heterocycles. The van der Waals surface area contributed by atoms with Crippen LogP contribution in [0.2, 0.25) is 0 Å². The van der Waals surface area contributed by atoms with Crippen molar-refractivity contribution >= 4 is 23.4 Å². The fourth-order valence-electron chi connectivity index (χ4n) is 3.14. The van der Waals surface area contributed by atoms with Gasteiger partial charge in [-0.25, -0.2) is 0 Å². The number of amides is 3. The van der Waals surface area contributed by atoms with Gasteiger partial charge in [0.2, 0.25) is 11.8 Å².